The molecule has 0 aromatic carbocycles. The van der Waals surface area contributed by atoms with Crippen LogP contribution in [0.2, 0.25) is 0 Å². The summed E-state index contributed by atoms with van der Waals surface area (Å²) in [5, 5.41) is 30.5. The van der Waals surface area contributed by atoms with Gasteiger partial charge in [-0.25, -0.2) is 9.78 Å². The number of rotatable bonds is 5. The highest BCUT2D eigenvalue weighted by Gasteiger charge is 2.42. The Labute approximate surface area is 182 Å². The van der Waals surface area contributed by atoms with Gasteiger partial charge in [0.15, 0.2) is 11.2 Å². The number of carboxylic acids is 1. The van der Waals surface area contributed by atoms with Gasteiger partial charge in [-0.1, -0.05) is 0 Å². The van der Waals surface area contributed by atoms with Crippen molar-refractivity contribution in [1.29, 1.82) is 0 Å². The summed E-state index contributed by atoms with van der Waals surface area (Å²) in [5.41, 5.74) is 3.00. The molecule has 1 fully saturated rings. The van der Waals surface area contributed by atoms with Crippen LogP contribution in [0, 0.1) is 0 Å². The van der Waals surface area contributed by atoms with Crippen LogP contribution in [0.15, 0.2) is 15.9 Å². The summed E-state index contributed by atoms with van der Waals surface area (Å²) < 4.78 is 3.57. The average molecular weight is 452 g/mol. The van der Waals surface area contributed by atoms with Gasteiger partial charge in [0.05, 0.1) is 24.1 Å². The molecule has 0 saturated carbocycles. The Bertz CT molecular complexity index is 1160. The fourth-order valence-electron chi connectivity index (χ4n) is 4.16. The first kappa shape index (κ1) is 23.6. The number of carbonyl (C=O) groups excluding carboxylic acids is 1. The van der Waals surface area contributed by atoms with E-state index in [0.29, 0.717) is 0 Å². The van der Waals surface area contributed by atoms with Crippen molar-refractivity contribution >= 4 is 23.0 Å². The molecule has 1 saturated heterocycles. The van der Waals surface area contributed by atoms with E-state index in [1.807, 2.05) is 0 Å². The number of amides is 1. The van der Waals surface area contributed by atoms with Crippen LogP contribution < -0.4 is 17.0 Å². The first-order valence-corrected chi connectivity index (χ1v) is 10.1. The van der Waals surface area contributed by atoms with Crippen molar-refractivity contribution < 1.29 is 24.9 Å². The van der Waals surface area contributed by atoms with E-state index in [-0.39, 0.29) is 43.5 Å². The third-order valence-electron chi connectivity index (χ3n) is 6.04. The SMILES string of the molecule is Cn1c(=O)c2c(ncn2[C@@H]2CN(C(=O)CC[C@H](N)C(=O)O)C[C@@H](O)C[C@@]2(C)O)n(C)c1=O. The number of likely N-dealkylation sites (tertiary alicyclic amines) is 1. The zero-order valence-electron chi connectivity index (χ0n) is 18.1. The molecule has 13 nitrogen and oxygen atoms in total. The standard InChI is InChI=1S/C19H28N6O7/c1-19(32)6-10(26)7-24(13(27)5-4-11(20)17(29)30)8-12(19)25-9-21-15-14(25)16(28)23(3)18(31)22(15)2/h9-12,26,32H,4-8,20H2,1-3H3,(H,29,30)/t10-,11-,12+,19+/m0/s1. The third kappa shape index (κ3) is 4.18. The van der Waals surface area contributed by atoms with E-state index >= 15 is 0 Å². The van der Waals surface area contributed by atoms with Crippen molar-refractivity contribution in [1.82, 2.24) is 23.6 Å². The summed E-state index contributed by atoms with van der Waals surface area (Å²) in [6, 6.07) is -2.07. The third-order valence-corrected chi connectivity index (χ3v) is 6.04. The highest BCUT2D eigenvalue weighted by Crippen LogP contribution is 2.33. The number of aryl methyl sites for hydroxylation is 1. The maximum Gasteiger partial charge on any atom is 0.332 e. The largest absolute Gasteiger partial charge is 0.480 e. The van der Waals surface area contributed by atoms with Crippen molar-refractivity contribution in [3.05, 3.63) is 27.2 Å². The van der Waals surface area contributed by atoms with Crippen LogP contribution in [0.1, 0.15) is 32.2 Å². The van der Waals surface area contributed by atoms with Crippen LogP contribution in [-0.4, -0.2) is 81.6 Å². The molecule has 3 rings (SSSR count). The number of nitrogens with two attached hydrogens (primary N) is 1. The zero-order valence-corrected chi connectivity index (χ0v) is 18.1. The number of aliphatic carboxylic acids is 1. The molecule has 4 atom stereocenters. The summed E-state index contributed by atoms with van der Waals surface area (Å²) in [6.45, 7) is 1.35. The van der Waals surface area contributed by atoms with E-state index in [2.05, 4.69) is 4.98 Å². The van der Waals surface area contributed by atoms with Gasteiger partial charge in [0, 0.05) is 40.0 Å². The van der Waals surface area contributed by atoms with Gasteiger partial charge in [-0.2, -0.15) is 0 Å². The van der Waals surface area contributed by atoms with Gasteiger partial charge in [-0.15, -0.1) is 0 Å². The lowest BCUT2D eigenvalue weighted by Gasteiger charge is -2.34. The Balaban J connectivity index is 2.03. The van der Waals surface area contributed by atoms with Gasteiger partial charge in [-0.05, 0) is 13.3 Å². The molecule has 0 bridgehead atoms. The van der Waals surface area contributed by atoms with Crippen molar-refractivity contribution in [3.8, 4) is 0 Å². The Morgan fingerprint density at radius 3 is 2.56 bits per heavy atom. The van der Waals surface area contributed by atoms with E-state index in [4.69, 9.17) is 10.8 Å². The normalized spacial score (nSPS) is 25.0. The number of aliphatic hydroxyl groups excluding tert-OH is 1. The van der Waals surface area contributed by atoms with Gasteiger partial charge < -0.3 is 30.5 Å². The topological polar surface area (TPSA) is 186 Å². The molecule has 0 radical (unpaired) electrons. The molecule has 0 unspecified atom stereocenters. The second-order valence-corrected chi connectivity index (χ2v) is 8.54. The molecule has 3 heterocycles. The van der Waals surface area contributed by atoms with Crippen LogP contribution in [-0.2, 0) is 23.7 Å². The van der Waals surface area contributed by atoms with E-state index < -0.39 is 46.9 Å². The molecule has 1 aliphatic heterocycles. The molecule has 176 valence electrons. The molecular formula is C19H28N6O7. The summed E-state index contributed by atoms with van der Waals surface area (Å²) in [5.74, 6) is -1.66. The molecule has 1 aliphatic rings. The van der Waals surface area contributed by atoms with Crippen molar-refractivity contribution in [2.75, 3.05) is 13.1 Å². The van der Waals surface area contributed by atoms with Crippen LogP contribution in [0.3, 0.4) is 0 Å². The van der Waals surface area contributed by atoms with Crippen molar-refractivity contribution in [2.45, 2.75) is 50.0 Å². The number of carboxylic acid groups (broad SMARTS) is 1. The second-order valence-electron chi connectivity index (χ2n) is 8.54. The molecule has 0 spiro atoms. The highest BCUT2D eigenvalue weighted by atomic mass is 16.4. The Morgan fingerprint density at radius 1 is 1.28 bits per heavy atom. The van der Waals surface area contributed by atoms with Gasteiger partial charge in [0.1, 0.15) is 6.04 Å². The van der Waals surface area contributed by atoms with Gasteiger partial charge in [-0.3, -0.25) is 23.5 Å². The lowest BCUT2D eigenvalue weighted by Crippen LogP contribution is -2.44. The predicted octanol–water partition coefficient (Wildman–Crippen LogP) is -2.49. The Hall–Kier alpha value is -3.03. The van der Waals surface area contributed by atoms with Crippen LogP contribution >= 0.6 is 0 Å². The zero-order chi connectivity index (χ0) is 24.0. The van der Waals surface area contributed by atoms with Gasteiger partial charge in [0.25, 0.3) is 5.56 Å². The molecular weight excluding hydrogens is 424 g/mol. The number of imidazole rings is 1. The van der Waals surface area contributed by atoms with E-state index in [0.717, 1.165) is 4.57 Å². The van der Waals surface area contributed by atoms with Crippen molar-refractivity contribution in [2.24, 2.45) is 19.8 Å². The van der Waals surface area contributed by atoms with E-state index in [1.54, 1.807) is 0 Å². The number of carbonyl (C=O) groups is 2. The fraction of sp³-hybridized carbons (Fsp3) is 0.632. The Morgan fingerprint density at radius 2 is 1.94 bits per heavy atom. The number of hydrogen-bond acceptors (Lipinski definition) is 8. The molecule has 2 aromatic rings. The molecule has 5 N–H and O–H groups in total. The lowest BCUT2D eigenvalue weighted by molar-refractivity contribution is -0.139. The highest BCUT2D eigenvalue weighted by molar-refractivity contribution is 5.78. The smallest absolute Gasteiger partial charge is 0.332 e. The summed E-state index contributed by atoms with van der Waals surface area (Å²) >= 11 is 0. The quantitative estimate of drug-likeness (QED) is 0.381. The van der Waals surface area contributed by atoms with Crippen LogP contribution in [0.25, 0.3) is 11.2 Å². The molecule has 1 amide bonds. The number of β-amino-alcohol motifs (C(OH)–C–C–N with tert-alkyl or cyclic N) is 1. The maximum absolute atomic E-state index is 12.9. The van der Waals surface area contributed by atoms with E-state index in [1.165, 1.54) is 41.4 Å². The number of nitrogens with zero attached hydrogens (tertiary/aromatic N) is 5. The molecule has 0 aliphatic carbocycles. The van der Waals surface area contributed by atoms with Crippen LogP contribution in [0.4, 0.5) is 0 Å². The average Bonchev–Trinajstić information content (AvgIpc) is 3.10. The number of aromatic nitrogens is 4. The monoisotopic (exact) mass is 452 g/mol. The Kier molecular flexibility index (Phi) is 6.26. The first-order valence-electron chi connectivity index (χ1n) is 10.1. The molecule has 2 aromatic heterocycles. The number of hydrogen-bond donors (Lipinski definition) is 4. The summed E-state index contributed by atoms with van der Waals surface area (Å²) in [6.07, 6.45) is -0.0455. The number of aliphatic hydroxyl groups is 2. The molecule has 13 heteroatoms. The maximum atomic E-state index is 12.9. The first-order chi connectivity index (χ1) is 14.8. The minimum atomic E-state index is -1.53. The fourth-order valence-corrected chi connectivity index (χ4v) is 4.16. The lowest BCUT2D eigenvalue weighted by atomic mass is 9.91. The second kappa shape index (κ2) is 8.48. The predicted molar refractivity (Wildman–Crippen MR) is 112 cm³/mol. The summed E-state index contributed by atoms with van der Waals surface area (Å²) in [4.78, 5) is 54.3. The van der Waals surface area contributed by atoms with Crippen molar-refractivity contribution in [3.63, 3.8) is 0 Å². The van der Waals surface area contributed by atoms with E-state index in [9.17, 15) is 29.4 Å². The minimum absolute atomic E-state index is 0.0668. The summed E-state index contributed by atoms with van der Waals surface area (Å²) in [7, 11) is 2.80. The minimum Gasteiger partial charge on any atom is -0.480 e. The van der Waals surface area contributed by atoms with Crippen LogP contribution in [0.5, 0.6) is 0 Å². The number of fused-ring (bicyclic) bond motifs is 1. The van der Waals surface area contributed by atoms with Gasteiger partial charge in [0.2, 0.25) is 5.91 Å². The molecule has 32 heavy (non-hydrogen) atoms. The van der Waals surface area contributed by atoms with Gasteiger partial charge >= 0.3 is 11.7 Å².